The predicted molar refractivity (Wildman–Crippen MR) is 95.8 cm³/mol. The van der Waals surface area contributed by atoms with Gasteiger partial charge in [-0.2, -0.15) is 0 Å². The Labute approximate surface area is 161 Å². The summed E-state index contributed by atoms with van der Waals surface area (Å²) in [4.78, 5) is 0. The molecule has 125 valence electrons. The monoisotopic (exact) mass is 393 g/mol. The third-order valence-corrected chi connectivity index (χ3v) is 1.99. The van der Waals surface area contributed by atoms with Crippen LogP contribution in [0.1, 0.15) is 67.4 Å². The van der Waals surface area contributed by atoms with Crippen molar-refractivity contribution in [3.63, 3.8) is 0 Å². The Morgan fingerprint density at radius 1 is 0.905 bits per heavy atom. The Morgan fingerprint density at radius 3 is 1.33 bits per heavy atom. The summed E-state index contributed by atoms with van der Waals surface area (Å²) in [6.45, 7) is 16.1. The van der Waals surface area contributed by atoms with Gasteiger partial charge >= 0.3 is 0 Å². The van der Waals surface area contributed by atoms with Crippen molar-refractivity contribution in [1.82, 2.24) is 0 Å². The largest absolute Gasteiger partial charge is 0.306 e. The number of benzene rings is 1. The molecule has 0 saturated carbocycles. The Hall–Kier alpha value is 0.434. The minimum atomic E-state index is -1.57. The van der Waals surface area contributed by atoms with Gasteiger partial charge in [0, 0.05) is 38.5 Å². The van der Waals surface area contributed by atoms with Crippen LogP contribution in [0.15, 0.2) is 30.3 Å². The van der Waals surface area contributed by atoms with Crippen LogP contribution < -0.4 is 0 Å². The summed E-state index contributed by atoms with van der Waals surface area (Å²) in [5, 5.41) is 0. The molecule has 21 heavy (non-hydrogen) atoms. The first kappa shape index (κ1) is 33.1. The topological polar surface area (TPSA) is 37.3 Å². The van der Waals surface area contributed by atoms with Crippen LogP contribution in [-0.2, 0) is 50.2 Å². The normalized spacial score (nSPS) is 8.43. The van der Waals surface area contributed by atoms with Gasteiger partial charge < -0.3 is 4.55 Å². The second-order valence-electron chi connectivity index (χ2n) is 3.16. The Bertz CT molecular complexity index is 254. The van der Waals surface area contributed by atoms with Crippen LogP contribution >= 0.6 is 0 Å². The van der Waals surface area contributed by atoms with Gasteiger partial charge in [0.15, 0.2) is 11.1 Å². The molecule has 0 fully saturated rings. The van der Waals surface area contributed by atoms with E-state index in [-0.39, 0.29) is 32.7 Å². The van der Waals surface area contributed by atoms with Gasteiger partial charge in [0.25, 0.3) is 0 Å². The van der Waals surface area contributed by atoms with E-state index in [1.54, 1.807) is 6.92 Å². The van der Waals surface area contributed by atoms with Gasteiger partial charge in [0.1, 0.15) is 0 Å². The van der Waals surface area contributed by atoms with Crippen molar-refractivity contribution >= 4 is 11.1 Å². The molecule has 4 heteroatoms. The van der Waals surface area contributed by atoms with E-state index in [1.807, 2.05) is 33.8 Å². The van der Waals surface area contributed by atoms with E-state index < -0.39 is 11.1 Å². The van der Waals surface area contributed by atoms with Gasteiger partial charge in [-0.15, -0.1) is 0 Å². The van der Waals surface area contributed by atoms with Crippen LogP contribution in [0, 0.1) is 0 Å². The fourth-order valence-corrected chi connectivity index (χ4v) is 0.714. The predicted octanol–water partition coefficient (Wildman–Crippen LogP) is 5.94. The average molecular weight is 393 g/mol. The zero-order valence-corrected chi connectivity index (χ0v) is 19.0. The molecule has 0 aromatic heterocycles. The second kappa shape index (κ2) is 37.0. The van der Waals surface area contributed by atoms with Gasteiger partial charge in [0.05, 0.1) is 0 Å². The van der Waals surface area contributed by atoms with Crippen molar-refractivity contribution in [2.75, 3.05) is 5.75 Å². The quantitative estimate of drug-likeness (QED) is 0.631. The first-order chi connectivity index (χ1) is 9.62. The van der Waals surface area contributed by atoms with Gasteiger partial charge in [-0.3, -0.25) is 0 Å². The molecule has 1 rings (SSSR count). The number of hydrogen-bond donors (Lipinski definition) is 1. The van der Waals surface area contributed by atoms with E-state index in [9.17, 15) is 4.21 Å². The molecule has 1 radical (unpaired) electrons. The summed E-state index contributed by atoms with van der Waals surface area (Å²) in [5.74, 6) is 0.333. The number of rotatable bonds is 2. The molecule has 0 spiro atoms. The molecule has 0 amide bonds. The third-order valence-electron chi connectivity index (χ3n) is 1.50. The summed E-state index contributed by atoms with van der Waals surface area (Å²) >= 11 is -1.57. The maximum atomic E-state index is 9.48. The third kappa shape index (κ3) is 44.9. The van der Waals surface area contributed by atoms with Crippen molar-refractivity contribution in [2.45, 2.75) is 68.2 Å². The molecule has 0 aliphatic carbocycles. The molecule has 0 bridgehead atoms. The van der Waals surface area contributed by atoms with Crippen molar-refractivity contribution in [3.8, 4) is 0 Å². The molecule has 2 nitrogen and oxygen atoms in total. The molecule has 0 aliphatic heterocycles. The molecule has 1 atom stereocenters. The minimum Gasteiger partial charge on any atom is -0.306 e. The van der Waals surface area contributed by atoms with Crippen LogP contribution in [0.4, 0.5) is 0 Å². The maximum absolute atomic E-state index is 9.48. The van der Waals surface area contributed by atoms with Crippen LogP contribution in [0.25, 0.3) is 0 Å². The fraction of sp³-hybridized carbons (Fsp3) is 0.647. The van der Waals surface area contributed by atoms with E-state index in [0.717, 1.165) is 6.42 Å². The average Bonchev–Trinajstić information content (AvgIpc) is 2.53. The van der Waals surface area contributed by atoms with Crippen LogP contribution in [0.5, 0.6) is 0 Å². The molecular weight excluding hydrogens is 357 g/mol. The SMILES string of the molecule is CC.CC.CCC.CCS(=O)O.CCc1ccccc1.[Y]. The van der Waals surface area contributed by atoms with Crippen LogP contribution in [0.3, 0.4) is 0 Å². The van der Waals surface area contributed by atoms with Crippen molar-refractivity contribution in [3.05, 3.63) is 35.9 Å². The van der Waals surface area contributed by atoms with Crippen molar-refractivity contribution < 1.29 is 41.5 Å². The first-order valence-electron chi connectivity index (χ1n) is 7.73. The smallest absolute Gasteiger partial charge is 0.152 e. The van der Waals surface area contributed by atoms with E-state index in [2.05, 4.69) is 45.0 Å². The van der Waals surface area contributed by atoms with Crippen LogP contribution in [-0.4, -0.2) is 14.5 Å². The Kier molecular flexibility index (Phi) is 58.5. The Balaban J connectivity index is -0.0000000577. The van der Waals surface area contributed by atoms with Crippen molar-refractivity contribution in [2.24, 2.45) is 0 Å². The number of aryl methyl sites for hydroxylation is 1. The summed E-state index contributed by atoms with van der Waals surface area (Å²) in [5.41, 5.74) is 1.41. The van der Waals surface area contributed by atoms with Gasteiger partial charge in [-0.1, -0.05) is 92.1 Å². The van der Waals surface area contributed by atoms with Crippen LogP contribution in [0.2, 0.25) is 0 Å². The molecule has 1 unspecified atom stereocenters. The zero-order valence-electron chi connectivity index (χ0n) is 15.3. The van der Waals surface area contributed by atoms with Gasteiger partial charge in [0.2, 0.25) is 0 Å². The first-order valence-corrected chi connectivity index (χ1v) is 9.01. The second-order valence-corrected chi connectivity index (χ2v) is 4.38. The standard InChI is InChI=1S/C8H10.C3H8.C2H6O2S.2C2H6.Y/c1-2-8-6-4-3-5-7-8;1-3-2;1-2-5(3)4;2*1-2;/h3-7H,2H2,1H3;3H2,1-2H3;2H2,1H3,(H,3,4);2*1-2H3;. The Morgan fingerprint density at radius 2 is 1.19 bits per heavy atom. The molecule has 0 saturated heterocycles. The molecule has 0 heterocycles. The summed E-state index contributed by atoms with van der Waals surface area (Å²) in [6.07, 6.45) is 2.39. The fourth-order valence-electron chi connectivity index (χ4n) is 0.714. The number of hydrogen-bond acceptors (Lipinski definition) is 1. The van der Waals surface area contributed by atoms with E-state index in [4.69, 9.17) is 4.55 Å². The maximum Gasteiger partial charge on any atom is 0.152 e. The van der Waals surface area contributed by atoms with E-state index in [0.29, 0.717) is 5.75 Å². The summed E-state index contributed by atoms with van der Waals surface area (Å²) in [6, 6.07) is 10.5. The minimum absolute atomic E-state index is 0. The molecule has 0 aliphatic rings. The molecule has 1 N–H and O–H groups in total. The molecule has 1 aromatic carbocycles. The van der Waals surface area contributed by atoms with Gasteiger partial charge in [-0.25, -0.2) is 4.21 Å². The van der Waals surface area contributed by atoms with E-state index in [1.165, 1.54) is 12.0 Å². The molecule has 1 aromatic rings. The summed E-state index contributed by atoms with van der Waals surface area (Å²) in [7, 11) is 0. The van der Waals surface area contributed by atoms with Crippen molar-refractivity contribution in [1.29, 1.82) is 0 Å². The van der Waals surface area contributed by atoms with E-state index >= 15 is 0 Å². The molecular formula is C17H36O2SY. The zero-order chi connectivity index (χ0) is 16.8. The van der Waals surface area contributed by atoms with Gasteiger partial charge in [-0.05, 0) is 12.0 Å². The summed E-state index contributed by atoms with van der Waals surface area (Å²) < 4.78 is 17.3.